The molecule has 0 saturated heterocycles. The molecule has 17 heavy (non-hydrogen) atoms. The van der Waals surface area contributed by atoms with Crippen LogP contribution in [0.3, 0.4) is 0 Å². The Hall–Kier alpha value is 0. The quantitative estimate of drug-likeness (QED) is 0.339. The second kappa shape index (κ2) is 12.5. The van der Waals surface area contributed by atoms with Crippen LogP contribution in [0.2, 0.25) is 0 Å². The van der Waals surface area contributed by atoms with E-state index in [1.54, 1.807) is 5.92 Å². The van der Waals surface area contributed by atoms with Crippen LogP contribution in [0.4, 0.5) is 0 Å². The largest absolute Gasteiger partial charge is 0.0654 e. The van der Waals surface area contributed by atoms with Crippen LogP contribution in [0.25, 0.3) is 0 Å². The van der Waals surface area contributed by atoms with Gasteiger partial charge in [0.25, 0.3) is 0 Å². The van der Waals surface area contributed by atoms with Crippen LogP contribution in [0, 0.1) is 11.8 Å². The summed E-state index contributed by atoms with van der Waals surface area (Å²) in [5, 5.41) is 0. The van der Waals surface area contributed by atoms with Crippen LogP contribution >= 0.6 is 0 Å². The van der Waals surface area contributed by atoms with E-state index in [1.807, 2.05) is 0 Å². The van der Waals surface area contributed by atoms with Gasteiger partial charge >= 0.3 is 0 Å². The fourth-order valence-electron chi connectivity index (χ4n) is 2.58. The van der Waals surface area contributed by atoms with Gasteiger partial charge in [-0.3, -0.25) is 0 Å². The Kier molecular flexibility index (Phi) is 12.5. The van der Waals surface area contributed by atoms with Crippen LogP contribution in [0.5, 0.6) is 0 Å². The Morgan fingerprint density at radius 1 is 0.824 bits per heavy atom. The van der Waals surface area contributed by atoms with Crippen LogP contribution in [0.15, 0.2) is 0 Å². The van der Waals surface area contributed by atoms with Crippen molar-refractivity contribution in [1.29, 1.82) is 0 Å². The molecule has 103 valence electrons. The van der Waals surface area contributed by atoms with Crippen LogP contribution in [-0.2, 0) is 0 Å². The first-order valence-electron chi connectivity index (χ1n) is 8.05. The maximum absolute atomic E-state index is 2.38. The maximum Gasteiger partial charge on any atom is -0.0269 e. The Morgan fingerprint density at radius 2 is 1.47 bits per heavy atom. The summed E-state index contributed by atoms with van der Waals surface area (Å²) in [6.07, 6.45) is 15.5. The molecule has 0 aliphatic rings. The molecule has 0 saturated carbocycles. The van der Waals surface area contributed by atoms with E-state index in [0.29, 0.717) is 0 Å². The summed E-state index contributed by atoms with van der Waals surface area (Å²) in [7, 11) is 0. The molecule has 1 atom stereocenters. The van der Waals surface area contributed by atoms with Crippen molar-refractivity contribution in [2.45, 2.75) is 98.3 Å². The molecule has 0 aromatic carbocycles. The van der Waals surface area contributed by atoms with Gasteiger partial charge in [-0.25, -0.2) is 0 Å². The molecule has 0 aromatic heterocycles. The highest BCUT2D eigenvalue weighted by atomic mass is 14.2. The first-order valence-corrected chi connectivity index (χ1v) is 8.05. The fourth-order valence-corrected chi connectivity index (χ4v) is 2.58. The van der Waals surface area contributed by atoms with Gasteiger partial charge in [0.15, 0.2) is 0 Å². The average Bonchev–Trinajstić information content (AvgIpc) is 2.33. The van der Waals surface area contributed by atoms with Gasteiger partial charge in [0.1, 0.15) is 0 Å². The fraction of sp³-hybridized carbons (Fsp3) is 0.941. The summed E-state index contributed by atoms with van der Waals surface area (Å²) in [4.78, 5) is 0. The molecule has 0 heterocycles. The topological polar surface area (TPSA) is 0 Å². The monoisotopic (exact) mass is 239 g/mol. The van der Waals surface area contributed by atoms with E-state index < -0.39 is 0 Å². The van der Waals surface area contributed by atoms with Gasteiger partial charge in [0.05, 0.1) is 0 Å². The second-order valence-electron chi connectivity index (χ2n) is 5.74. The summed E-state index contributed by atoms with van der Waals surface area (Å²) >= 11 is 0. The molecule has 0 aliphatic carbocycles. The summed E-state index contributed by atoms with van der Waals surface area (Å²) < 4.78 is 0. The highest BCUT2D eigenvalue weighted by molar-refractivity contribution is 4.86. The smallest absolute Gasteiger partial charge is 0.0269 e. The minimum absolute atomic E-state index is 0.966. The maximum atomic E-state index is 2.38. The van der Waals surface area contributed by atoms with E-state index in [9.17, 15) is 0 Å². The Balaban J connectivity index is 3.56. The van der Waals surface area contributed by atoms with Gasteiger partial charge in [0, 0.05) is 0 Å². The highest BCUT2D eigenvalue weighted by Crippen LogP contribution is 2.26. The van der Waals surface area contributed by atoms with E-state index in [2.05, 4.69) is 27.7 Å². The van der Waals surface area contributed by atoms with Crippen LogP contribution in [0.1, 0.15) is 98.3 Å². The summed E-state index contributed by atoms with van der Waals surface area (Å²) in [6, 6.07) is 0. The molecule has 0 N–H and O–H groups in total. The molecular formula is C17H35. The van der Waals surface area contributed by atoms with E-state index >= 15 is 0 Å². The standard InChI is InChI=1S/C17H35/c1-5-8-10-12-14-17(7-3)15-16(4)13-11-9-6-2/h17H,5-15H2,1-4H3. The zero-order chi connectivity index (χ0) is 12.9. The molecule has 0 fully saturated rings. The lowest BCUT2D eigenvalue weighted by Crippen LogP contribution is -2.04. The highest BCUT2D eigenvalue weighted by Gasteiger charge is 2.11. The van der Waals surface area contributed by atoms with Crippen molar-refractivity contribution in [2.24, 2.45) is 5.92 Å². The SMILES string of the molecule is CCCCCCC(CC)C[C](C)CCCCC. The minimum Gasteiger partial charge on any atom is -0.0654 e. The lowest BCUT2D eigenvalue weighted by molar-refractivity contribution is 0.411. The number of hydrogen-bond acceptors (Lipinski definition) is 0. The van der Waals surface area contributed by atoms with Gasteiger partial charge < -0.3 is 0 Å². The van der Waals surface area contributed by atoms with Gasteiger partial charge in [-0.1, -0.05) is 85.5 Å². The summed E-state index contributed by atoms with van der Waals surface area (Å²) in [5.41, 5.74) is 0. The minimum atomic E-state index is 0.966. The third-order valence-electron chi connectivity index (χ3n) is 3.89. The van der Waals surface area contributed by atoms with Crippen LogP contribution < -0.4 is 0 Å². The molecule has 0 nitrogen and oxygen atoms in total. The molecule has 0 heteroatoms. The molecule has 1 radical (unpaired) electrons. The lowest BCUT2D eigenvalue weighted by Gasteiger charge is -2.19. The van der Waals surface area contributed by atoms with E-state index in [4.69, 9.17) is 0 Å². The van der Waals surface area contributed by atoms with Crippen molar-refractivity contribution in [2.75, 3.05) is 0 Å². The van der Waals surface area contributed by atoms with Crippen LogP contribution in [-0.4, -0.2) is 0 Å². The van der Waals surface area contributed by atoms with E-state index in [1.165, 1.54) is 70.6 Å². The van der Waals surface area contributed by atoms with Crippen molar-refractivity contribution < 1.29 is 0 Å². The molecule has 0 aliphatic heterocycles. The first-order chi connectivity index (χ1) is 8.24. The number of hydrogen-bond donors (Lipinski definition) is 0. The van der Waals surface area contributed by atoms with Crippen molar-refractivity contribution in [1.82, 2.24) is 0 Å². The van der Waals surface area contributed by atoms with Gasteiger partial charge in [-0.15, -0.1) is 0 Å². The molecule has 0 bridgehead atoms. The molecule has 0 rings (SSSR count). The Labute approximate surface area is 111 Å². The van der Waals surface area contributed by atoms with Gasteiger partial charge in [-0.05, 0) is 24.7 Å². The predicted octanol–water partition coefficient (Wildman–Crippen LogP) is 6.55. The molecular weight excluding hydrogens is 204 g/mol. The lowest BCUT2D eigenvalue weighted by atomic mass is 9.87. The molecule has 0 spiro atoms. The zero-order valence-corrected chi connectivity index (χ0v) is 12.9. The van der Waals surface area contributed by atoms with Crippen molar-refractivity contribution in [3.63, 3.8) is 0 Å². The first kappa shape index (κ1) is 17.0. The second-order valence-corrected chi connectivity index (χ2v) is 5.74. The average molecular weight is 239 g/mol. The predicted molar refractivity (Wildman–Crippen MR) is 80.2 cm³/mol. The Bertz CT molecular complexity index is 139. The van der Waals surface area contributed by atoms with Crippen molar-refractivity contribution >= 4 is 0 Å². The van der Waals surface area contributed by atoms with E-state index in [-0.39, 0.29) is 0 Å². The molecule has 0 amide bonds. The third kappa shape index (κ3) is 10.9. The Morgan fingerprint density at radius 3 is 2.06 bits per heavy atom. The molecule has 1 unspecified atom stereocenters. The number of unbranched alkanes of at least 4 members (excludes halogenated alkanes) is 5. The van der Waals surface area contributed by atoms with E-state index in [0.717, 1.165) is 5.92 Å². The zero-order valence-electron chi connectivity index (χ0n) is 12.9. The van der Waals surface area contributed by atoms with Crippen molar-refractivity contribution in [3.05, 3.63) is 5.92 Å². The van der Waals surface area contributed by atoms with Crippen molar-refractivity contribution in [3.8, 4) is 0 Å². The summed E-state index contributed by atoms with van der Waals surface area (Å²) in [5.74, 6) is 2.72. The number of rotatable bonds is 12. The molecule has 0 aromatic rings. The normalized spacial score (nSPS) is 13.2. The van der Waals surface area contributed by atoms with Gasteiger partial charge in [0.2, 0.25) is 0 Å². The van der Waals surface area contributed by atoms with Gasteiger partial charge in [-0.2, -0.15) is 0 Å². The summed E-state index contributed by atoms with van der Waals surface area (Å²) in [6.45, 7) is 9.33. The third-order valence-corrected chi connectivity index (χ3v) is 3.89.